The number of likely N-dealkylation sites (tertiary alicyclic amines) is 1. The molecule has 2 aliphatic heterocycles. The number of nitrogens with zero attached hydrogens (tertiary/aromatic N) is 1. The first-order chi connectivity index (χ1) is 15.0. The van der Waals surface area contributed by atoms with Crippen molar-refractivity contribution in [1.29, 1.82) is 0 Å². The number of anilines is 2. The van der Waals surface area contributed by atoms with Crippen LogP contribution in [0.4, 0.5) is 16.2 Å². The number of rotatable bonds is 6. The summed E-state index contributed by atoms with van der Waals surface area (Å²) in [7, 11) is 0. The molecule has 0 bridgehead atoms. The smallest absolute Gasteiger partial charge is 0.316 e. The average molecular weight is 422 g/mol. The number of amides is 4. The largest absolute Gasteiger partial charge is 0.361 e. The van der Waals surface area contributed by atoms with Gasteiger partial charge in [0.05, 0.1) is 12.1 Å². The first-order valence-corrected chi connectivity index (χ1v) is 10.4. The van der Waals surface area contributed by atoms with E-state index in [4.69, 9.17) is 5.73 Å². The summed E-state index contributed by atoms with van der Waals surface area (Å²) in [6.45, 7) is 2.81. The summed E-state index contributed by atoms with van der Waals surface area (Å²) in [5.41, 5.74) is 9.18. The highest BCUT2D eigenvalue weighted by Gasteiger charge is 2.24. The van der Waals surface area contributed by atoms with Crippen molar-refractivity contribution in [1.82, 2.24) is 15.2 Å². The molecule has 2 aliphatic rings. The van der Waals surface area contributed by atoms with Gasteiger partial charge in [-0.15, -0.1) is 0 Å². The van der Waals surface area contributed by atoms with E-state index in [1.165, 1.54) is 6.42 Å². The molecule has 9 heteroatoms. The van der Waals surface area contributed by atoms with Crippen LogP contribution >= 0.6 is 0 Å². The molecule has 1 fully saturated rings. The number of benzene rings is 1. The number of carbonyl (C=O) groups excluding carboxylic acids is 3. The van der Waals surface area contributed by atoms with E-state index in [2.05, 4.69) is 25.8 Å². The maximum Gasteiger partial charge on any atom is 0.316 e. The molecule has 9 nitrogen and oxygen atoms in total. The number of primary amides is 1. The molecule has 1 saturated heterocycles. The number of aromatic amines is 1. The average Bonchev–Trinajstić information content (AvgIpc) is 3.31. The predicted molar refractivity (Wildman–Crippen MR) is 119 cm³/mol. The van der Waals surface area contributed by atoms with Crippen molar-refractivity contribution in [3.8, 4) is 0 Å². The molecule has 0 spiro atoms. The van der Waals surface area contributed by atoms with Gasteiger partial charge in [-0.1, -0.05) is 6.42 Å². The molecule has 31 heavy (non-hydrogen) atoms. The Kier molecular flexibility index (Phi) is 6.03. The van der Waals surface area contributed by atoms with E-state index in [1.807, 2.05) is 12.3 Å². The molecule has 162 valence electrons. The summed E-state index contributed by atoms with van der Waals surface area (Å²) in [6.07, 6.45) is 7.10. The van der Waals surface area contributed by atoms with Crippen molar-refractivity contribution in [3.63, 3.8) is 0 Å². The lowest BCUT2D eigenvalue weighted by Gasteiger charge is -2.25. The number of fused-ring (bicyclic) bond motifs is 1. The van der Waals surface area contributed by atoms with E-state index in [1.54, 1.807) is 24.3 Å². The van der Waals surface area contributed by atoms with Crippen LogP contribution in [-0.2, 0) is 16.1 Å². The second-order valence-electron chi connectivity index (χ2n) is 7.84. The molecule has 3 heterocycles. The number of piperidine rings is 1. The van der Waals surface area contributed by atoms with Gasteiger partial charge in [0.15, 0.2) is 0 Å². The molecule has 4 amide bonds. The van der Waals surface area contributed by atoms with Crippen molar-refractivity contribution in [2.75, 3.05) is 30.3 Å². The SMILES string of the molecule is NC(=O)Nc1ccc2c(c1)C(=Cc1cc(CNC(=O)CN3CCCCC3)c[nH]1)C(=O)N2. The van der Waals surface area contributed by atoms with Gasteiger partial charge in [-0.25, -0.2) is 4.79 Å². The zero-order chi connectivity index (χ0) is 21.8. The van der Waals surface area contributed by atoms with E-state index in [0.29, 0.717) is 35.6 Å². The molecule has 0 radical (unpaired) electrons. The molecular weight excluding hydrogens is 396 g/mol. The highest BCUT2D eigenvalue weighted by molar-refractivity contribution is 6.35. The molecule has 2 aromatic rings. The Morgan fingerprint density at radius 2 is 1.97 bits per heavy atom. The Balaban J connectivity index is 1.41. The summed E-state index contributed by atoms with van der Waals surface area (Å²) >= 11 is 0. The van der Waals surface area contributed by atoms with Gasteiger partial charge in [0.25, 0.3) is 5.91 Å². The zero-order valence-corrected chi connectivity index (χ0v) is 17.2. The minimum Gasteiger partial charge on any atom is -0.361 e. The van der Waals surface area contributed by atoms with Crippen LogP contribution in [-0.4, -0.2) is 47.4 Å². The maximum absolute atomic E-state index is 12.4. The molecule has 0 aliphatic carbocycles. The highest BCUT2D eigenvalue weighted by atomic mass is 16.2. The second kappa shape index (κ2) is 9.05. The number of aromatic nitrogens is 1. The highest BCUT2D eigenvalue weighted by Crippen LogP contribution is 2.35. The van der Waals surface area contributed by atoms with Crippen molar-refractivity contribution in [3.05, 3.63) is 47.3 Å². The van der Waals surface area contributed by atoms with Crippen LogP contribution in [0.2, 0.25) is 0 Å². The van der Waals surface area contributed by atoms with Crippen molar-refractivity contribution < 1.29 is 14.4 Å². The fourth-order valence-electron chi connectivity index (χ4n) is 3.93. The van der Waals surface area contributed by atoms with Crippen molar-refractivity contribution >= 4 is 40.9 Å². The number of urea groups is 1. The van der Waals surface area contributed by atoms with Gasteiger partial charge in [0.1, 0.15) is 0 Å². The number of carbonyl (C=O) groups is 3. The normalized spacial score (nSPS) is 17.3. The molecule has 1 aromatic carbocycles. The van der Waals surface area contributed by atoms with E-state index in [0.717, 1.165) is 37.2 Å². The molecule has 0 unspecified atom stereocenters. The molecule has 1 aromatic heterocycles. The number of nitrogens with two attached hydrogens (primary N) is 1. The molecule has 0 saturated carbocycles. The predicted octanol–water partition coefficient (Wildman–Crippen LogP) is 2.10. The zero-order valence-electron chi connectivity index (χ0n) is 17.2. The third-order valence-corrected chi connectivity index (χ3v) is 5.44. The lowest BCUT2D eigenvalue weighted by Crippen LogP contribution is -2.39. The Labute approximate surface area is 180 Å². The van der Waals surface area contributed by atoms with E-state index in [-0.39, 0.29) is 11.8 Å². The summed E-state index contributed by atoms with van der Waals surface area (Å²) < 4.78 is 0. The van der Waals surface area contributed by atoms with Gasteiger partial charge >= 0.3 is 6.03 Å². The monoisotopic (exact) mass is 422 g/mol. The minimum absolute atomic E-state index is 0.0154. The van der Waals surface area contributed by atoms with Crippen LogP contribution < -0.4 is 21.7 Å². The van der Waals surface area contributed by atoms with Gasteiger partial charge in [-0.2, -0.15) is 0 Å². The Morgan fingerprint density at radius 3 is 2.74 bits per heavy atom. The molecular formula is C22H26N6O3. The fraction of sp³-hybridized carbons (Fsp3) is 0.318. The van der Waals surface area contributed by atoms with E-state index >= 15 is 0 Å². The molecule has 4 rings (SSSR count). The Hall–Kier alpha value is -3.59. The van der Waals surface area contributed by atoms with Gasteiger partial charge in [0, 0.05) is 35.4 Å². The lowest BCUT2D eigenvalue weighted by molar-refractivity contribution is -0.122. The minimum atomic E-state index is -0.667. The van der Waals surface area contributed by atoms with Crippen LogP contribution in [0.1, 0.15) is 36.1 Å². The molecule has 0 atom stereocenters. The van der Waals surface area contributed by atoms with Crippen LogP contribution in [0.25, 0.3) is 11.6 Å². The third-order valence-electron chi connectivity index (χ3n) is 5.44. The fourth-order valence-corrected chi connectivity index (χ4v) is 3.93. The summed E-state index contributed by atoms with van der Waals surface area (Å²) in [4.78, 5) is 41.0. The quantitative estimate of drug-likeness (QED) is 0.456. The Morgan fingerprint density at radius 1 is 1.16 bits per heavy atom. The Bertz CT molecular complexity index is 1040. The lowest BCUT2D eigenvalue weighted by atomic mass is 10.1. The van der Waals surface area contributed by atoms with E-state index < -0.39 is 6.03 Å². The number of nitrogens with one attached hydrogen (secondary N) is 4. The van der Waals surface area contributed by atoms with Gasteiger partial charge < -0.3 is 26.7 Å². The number of hydrogen-bond acceptors (Lipinski definition) is 4. The van der Waals surface area contributed by atoms with Gasteiger partial charge in [-0.05, 0) is 61.8 Å². The summed E-state index contributed by atoms with van der Waals surface area (Å²) in [5, 5.41) is 8.27. The van der Waals surface area contributed by atoms with Crippen molar-refractivity contribution in [2.45, 2.75) is 25.8 Å². The molecule has 6 N–H and O–H groups in total. The third kappa shape index (κ3) is 5.13. The number of hydrogen-bond donors (Lipinski definition) is 5. The van der Waals surface area contributed by atoms with Crippen LogP contribution in [0.15, 0.2) is 30.5 Å². The van der Waals surface area contributed by atoms with Gasteiger partial charge in [-0.3, -0.25) is 14.5 Å². The van der Waals surface area contributed by atoms with Crippen molar-refractivity contribution in [2.24, 2.45) is 5.73 Å². The van der Waals surface area contributed by atoms with Gasteiger partial charge in [0.2, 0.25) is 5.91 Å². The van der Waals surface area contributed by atoms with Crippen LogP contribution in [0, 0.1) is 0 Å². The summed E-state index contributed by atoms with van der Waals surface area (Å²) in [5.74, 6) is -0.209. The summed E-state index contributed by atoms with van der Waals surface area (Å²) in [6, 6.07) is 6.32. The van der Waals surface area contributed by atoms with Crippen LogP contribution in [0.3, 0.4) is 0 Å². The maximum atomic E-state index is 12.4. The second-order valence-corrected chi connectivity index (χ2v) is 7.84. The van der Waals surface area contributed by atoms with E-state index in [9.17, 15) is 14.4 Å². The number of H-pyrrole nitrogens is 1. The topological polar surface area (TPSA) is 132 Å². The standard InChI is InChI=1S/C22H26N6O3/c23-22(31)26-15-4-5-19-17(9-15)18(21(30)27-19)10-16-8-14(11-24-16)12-25-20(29)13-28-6-2-1-3-7-28/h4-5,8-11,24H,1-3,6-7,12-13H2,(H,25,29)(H,27,30)(H3,23,26,31). The first-order valence-electron chi connectivity index (χ1n) is 10.4. The first kappa shape index (κ1) is 20.7. The van der Waals surface area contributed by atoms with Crippen LogP contribution in [0.5, 0.6) is 0 Å².